The third-order valence-electron chi connectivity index (χ3n) is 2.55. The maximum atomic E-state index is 11.1. The largest absolute Gasteiger partial charge is 0.475 e. The number of aromatic carboxylic acids is 1. The molecule has 2 aromatic rings. The zero-order valence-electron chi connectivity index (χ0n) is 10.7. The molecule has 104 valence electrons. The fourth-order valence-corrected chi connectivity index (χ4v) is 1.67. The van der Waals surface area contributed by atoms with Crippen molar-refractivity contribution in [3.8, 4) is 0 Å². The van der Waals surface area contributed by atoms with E-state index in [2.05, 4.69) is 10.3 Å². The van der Waals surface area contributed by atoms with Gasteiger partial charge in [0.05, 0.1) is 6.54 Å². The van der Waals surface area contributed by atoms with Gasteiger partial charge in [0.2, 0.25) is 11.7 Å². The minimum Gasteiger partial charge on any atom is -0.475 e. The second kappa shape index (κ2) is 5.43. The molecule has 0 aromatic carbocycles. The molecule has 2 heterocycles. The standard InChI is InChI=1S/C13H13N3O4/c1-7-4-8(12(14)17)5-11(16-7)15-6-9-2-3-10(20-9)13(18)19/h2-5H,6H2,1H3,(H2,14,17)(H,15,16)(H,18,19). The van der Waals surface area contributed by atoms with Crippen molar-refractivity contribution >= 4 is 17.7 Å². The molecule has 0 saturated heterocycles. The molecule has 0 aliphatic heterocycles. The lowest BCUT2D eigenvalue weighted by Crippen LogP contribution is -2.12. The second-order valence-electron chi connectivity index (χ2n) is 4.17. The van der Waals surface area contributed by atoms with Crippen LogP contribution in [0.3, 0.4) is 0 Å². The van der Waals surface area contributed by atoms with Crippen molar-refractivity contribution in [2.45, 2.75) is 13.5 Å². The fraction of sp³-hybridized carbons (Fsp3) is 0.154. The number of nitrogens with two attached hydrogens (primary N) is 1. The normalized spacial score (nSPS) is 10.2. The van der Waals surface area contributed by atoms with Crippen LogP contribution in [0.25, 0.3) is 0 Å². The van der Waals surface area contributed by atoms with E-state index in [-0.39, 0.29) is 12.3 Å². The third kappa shape index (κ3) is 3.14. The number of nitrogens with zero attached hydrogens (tertiary/aromatic N) is 1. The molecule has 7 nitrogen and oxygen atoms in total. The Labute approximate surface area is 114 Å². The number of rotatable bonds is 5. The summed E-state index contributed by atoms with van der Waals surface area (Å²) >= 11 is 0. The minimum atomic E-state index is -1.12. The van der Waals surface area contributed by atoms with E-state index in [1.165, 1.54) is 12.1 Å². The highest BCUT2D eigenvalue weighted by atomic mass is 16.4. The summed E-state index contributed by atoms with van der Waals surface area (Å²) in [6.45, 7) is 2.00. The Bertz CT molecular complexity index is 663. The molecule has 0 atom stereocenters. The molecule has 7 heteroatoms. The number of carboxylic acids is 1. The summed E-state index contributed by atoms with van der Waals surface area (Å²) in [5, 5.41) is 11.7. The number of amides is 1. The molecule has 0 saturated carbocycles. The summed E-state index contributed by atoms with van der Waals surface area (Å²) < 4.78 is 5.09. The van der Waals surface area contributed by atoms with Crippen LogP contribution in [0.5, 0.6) is 0 Å². The molecule has 20 heavy (non-hydrogen) atoms. The van der Waals surface area contributed by atoms with Gasteiger partial charge in [0.15, 0.2) is 0 Å². The molecule has 0 radical (unpaired) electrons. The van der Waals surface area contributed by atoms with E-state index in [0.29, 0.717) is 22.8 Å². The third-order valence-corrected chi connectivity index (χ3v) is 2.55. The molecule has 1 amide bonds. The summed E-state index contributed by atoms with van der Waals surface area (Å²) in [7, 11) is 0. The summed E-state index contributed by atoms with van der Waals surface area (Å²) in [6, 6.07) is 6.04. The molecule has 2 rings (SSSR count). The summed E-state index contributed by atoms with van der Waals surface area (Å²) in [4.78, 5) is 26.0. The maximum Gasteiger partial charge on any atom is 0.371 e. The molecular formula is C13H13N3O4. The van der Waals surface area contributed by atoms with Gasteiger partial charge in [0, 0.05) is 11.3 Å². The molecular weight excluding hydrogens is 262 g/mol. The van der Waals surface area contributed by atoms with Gasteiger partial charge in [-0.2, -0.15) is 0 Å². The van der Waals surface area contributed by atoms with E-state index in [4.69, 9.17) is 15.3 Å². The smallest absolute Gasteiger partial charge is 0.371 e. The van der Waals surface area contributed by atoms with Crippen LogP contribution in [0, 0.1) is 6.92 Å². The predicted molar refractivity (Wildman–Crippen MR) is 70.5 cm³/mol. The molecule has 2 aromatic heterocycles. The Kier molecular flexibility index (Phi) is 3.69. The topological polar surface area (TPSA) is 118 Å². The van der Waals surface area contributed by atoms with Crippen molar-refractivity contribution in [3.63, 3.8) is 0 Å². The average molecular weight is 275 g/mol. The quantitative estimate of drug-likeness (QED) is 0.758. The van der Waals surface area contributed by atoms with Crippen LogP contribution in [0.2, 0.25) is 0 Å². The Hall–Kier alpha value is -2.83. The van der Waals surface area contributed by atoms with Crippen LogP contribution in [-0.2, 0) is 6.54 Å². The fourth-order valence-electron chi connectivity index (χ4n) is 1.67. The van der Waals surface area contributed by atoms with Crippen molar-refractivity contribution in [2.75, 3.05) is 5.32 Å². The van der Waals surface area contributed by atoms with Gasteiger partial charge < -0.3 is 20.6 Å². The van der Waals surface area contributed by atoms with Gasteiger partial charge in [-0.3, -0.25) is 4.79 Å². The number of carbonyl (C=O) groups is 2. The van der Waals surface area contributed by atoms with E-state index >= 15 is 0 Å². The maximum absolute atomic E-state index is 11.1. The van der Waals surface area contributed by atoms with Gasteiger partial charge in [0.1, 0.15) is 11.6 Å². The molecule has 4 N–H and O–H groups in total. The lowest BCUT2D eigenvalue weighted by Gasteiger charge is -2.06. The average Bonchev–Trinajstić information content (AvgIpc) is 2.84. The number of carbonyl (C=O) groups excluding carboxylic acids is 1. The number of pyridine rings is 1. The summed E-state index contributed by atoms with van der Waals surface area (Å²) in [5.41, 5.74) is 6.22. The SMILES string of the molecule is Cc1cc(C(N)=O)cc(NCc2ccc(C(=O)O)o2)n1. The van der Waals surface area contributed by atoms with Crippen LogP contribution in [0.15, 0.2) is 28.7 Å². The Balaban J connectivity index is 2.10. The lowest BCUT2D eigenvalue weighted by molar-refractivity contribution is 0.0660. The number of aryl methyl sites for hydroxylation is 1. The predicted octanol–water partition coefficient (Wildman–Crippen LogP) is 1.39. The van der Waals surface area contributed by atoms with Gasteiger partial charge >= 0.3 is 5.97 Å². The summed E-state index contributed by atoms with van der Waals surface area (Å²) in [5.74, 6) is -0.874. The van der Waals surface area contributed by atoms with Crippen LogP contribution >= 0.6 is 0 Å². The van der Waals surface area contributed by atoms with Crippen LogP contribution in [0.1, 0.15) is 32.4 Å². The number of furan rings is 1. The lowest BCUT2D eigenvalue weighted by atomic mass is 10.2. The zero-order chi connectivity index (χ0) is 14.7. The Morgan fingerprint density at radius 3 is 2.75 bits per heavy atom. The minimum absolute atomic E-state index is 0.128. The number of carboxylic acid groups (broad SMARTS) is 1. The number of hydrogen-bond donors (Lipinski definition) is 3. The molecule has 0 spiro atoms. The van der Waals surface area contributed by atoms with Crippen molar-refractivity contribution in [2.24, 2.45) is 5.73 Å². The number of anilines is 1. The molecule has 0 aliphatic carbocycles. The van der Waals surface area contributed by atoms with Crippen molar-refractivity contribution in [3.05, 3.63) is 47.0 Å². The summed E-state index contributed by atoms with van der Waals surface area (Å²) in [6.07, 6.45) is 0. The Morgan fingerprint density at radius 1 is 1.40 bits per heavy atom. The van der Waals surface area contributed by atoms with Gasteiger partial charge in [-0.15, -0.1) is 0 Å². The van der Waals surface area contributed by atoms with Gasteiger partial charge in [0.25, 0.3) is 0 Å². The van der Waals surface area contributed by atoms with Crippen LogP contribution < -0.4 is 11.1 Å². The van der Waals surface area contributed by atoms with Crippen molar-refractivity contribution in [1.29, 1.82) is 0 Å². The van der Waals surface area contributed by atoms with E-state index < -0.39 is 11.9 Å². The van der Waals surface area contributed by atoms with E-state index in [1.54, 1.807) is 19.1 Å². The van der Waals surface area contributed by atoms with E-state index in [9.17, 15) is 9.59 Å². The highest BCUT2D eigenvalue weighted by Gasteiger charge is 2.09. The molecule has 0 fully saturated rings. The highest BCUT2D eigenvalue weighted by Crippen LogP contribution is 2.13. The van der Waals surface area contributed by atoms with Crippen molar-refractivity contribution < 1.29 is 19.1 Å². The Morgan fingerprint density at radius 2 is 2.15 bits per heavy atom. The number of primary amides is 1. The first-order chi connectivity index (χ1) is 9.45. The second-order valence-corrected chi connectivity index (χ2v) is 4.17. The highest BCUT2D eigenvalue weighted by molar-refractivity contribution is 5.93. The first kappa shape index (κ1) is 13.6. The van der Waals surface area contributed by atoms with E-state index in [0.717, 1.165) is 0 Å². The molecule has 0 aliphatic rings. The van der Waals surface area contributed by atoms with Gasteiger partial charge in [-0.05, 0) is 31.2 Å². The van der Waals surface area contributed by atoms with Crippen molar-refractivity contribution in [1.82, 2.24) is 4.98 Å². The van der Waals surface area contributed by atoms with Gasteiger partial charge in [-0.25, -0.2) is 9.78 Å². The zero-order valence-corrected chi connectivity index (χ0v) is 10.7. The van der Waals surface area contributed by atoms with Gasteiger partial charge in [-0.1, -0.05) is 0 Å². The van der Waals surface area contributed by atoms with Crippen LogP contribution in [-0.4, -0.2) is 22.0 Å². The van der Waals surface area contributed by atoms with Crippen LogP contribution in [0.4, 0.5) is 5.82 Å². The molecule has 0 bridgehead atoms. The first-order valence-electron chi connectivity index (χ1n) is 5.80. The first-order valence-corrected chi connectivity index (χ1v) is 5.80. The molecule has 0 unspecified atom stereocenters. The monoisotopic (exact) mass is 275 g/mol. The number of hydrogen-bond acceptors (Lipinski definition) is 5. The number of nitrogens with one attached hydrogen (secondary N) is 1. The number of aromatic nitrogens is 1. The van der Waals surface area contributed by atoms with E-state index in [1.807, 2.05) is 0 Å².